The number of anilines is 1. The maximum Gasteiger partial charge on any atom is 0.262 e. The summed E-state index contributed by atoms with van der Waals surface area (Å²) < 4.78 is 7.36. The van der Waals surface area contributed by atoms with Gasteiger partial charge in [-0.3, -0.25) is 9.48 Å². The maximum absolute atomic E-state index is 12.5. The van der Waals surface area contributed by atoms with Crippen LogP contribution in [0.5, 0.6) is 5.88 Å². The molecule has 0 aliphatic heterocycles. The van der Waals surface area contributed by atoms with Crippen LogP contribution in [0.1, 0.15) is 42.6 Å². The van der Waals surface area contributed by atoms with E-state index in [0.29, 0.717) is 18.1 Å². The number of nitrogens with one attached hydrogen (secondary N) is 1. The first kappa shape index (κ1) is 16.1. The standard InChI is InChI=1S/C17H23N3O2/c1-4-9-20-12-15(17(19-20)22-10-5-2)16(21)18-14-8-6-7-13(3)11-14/h6-8,11-12H,4-5,9-10H2,1-3H3,(H,18,21). The molecule has 1 heterocycles. The predicted octanol–water partition coefficient (Wildman–Crippen LogP) is 3.64. The van der Waals surface area contributed by atoms with Gasteiger partial charge in [0.15, 0.2) is 0 Å². The summed E-state index contributed by atoms with van der Waals surface area (Å²) in [5.41, 5.74) is 2.35. The zero-order valence-corrected chi connectivity index (χ0v) is 13.4. The Bertz CT molecular complexity index is 635. The lowest BCUT2D eigenvalue weighted by atomic mass is 10.2. The van der Waals surface area contributed by atoms with Gasteiger partial charge in [-0.2, -0.15) is 0 Å². The van der Waals surface area contributed by atoms with Crippen molar-refractivity contribution in [1.82, 2.24) is 9.78 Å². The number of carbonyl (C=O) groups is 1. The highest BCUT2D eigenvalue weighted by Gasteiger charge is 2.18. The molecule has 1 N–H and O–H groups in total. The molecule has 0 atom stereocenters. The number of aromatic nitrogens is 2. The Morgan fingerprint density at radius 2 is 2.14 bits per heavy atom. The van der Waals surface area contributed by atoms with Crippen molar-refractivity contribution in [3.63, 3.8) is 0 Å². The SMILES string of the molecule is CCCOc1nn(CCC)cc1C(=O)Nc1cccc(C)c1. The fraction of sp³-hybridized carbons (Fsp3) is 0.412. The third-order valence-corrected chi connectivity index (χ3v) is 3.14. The van der Waals surface area contributed by atoms with E-state index < -0.39 is 0 Å². The zero-order valence-electron chi connectivity index (χ0n) is 13.4. The molecule has 118 valence electrons. The highest BCUT2D eigenvalue weighted by Crippen LogP contribution is 2.19. The van der Waals surface area contributed by atoms with E-state index in [1.165, 1.54) is 0 Å². The highest BCUT2D eigenvalue weighted by molar-refractivity contribution is 6.05. The van der Waals surface area contributed by atoms with E-state index in [0.717, 1.165) is 30.6 Å². The summed E-state index contributed by atoms with van der Waals surface area (Å²) in [6.07, 6.45) is 3.58. The van der Waals surface area contributed by atoms with Gasteiger partial charge in [0.25, 0.3) is 5.91 Å². The summed E-state index contributed by atoms with van der Waals surface area (Å²) in [6, 6.07) is 7.71. The van der Waals surface area contributed by atoms with Crippen LogP contribution < -0.4 is 10.1 Å². The minimum absolute atomic E-state index is 0.195. The van der Waals surface area contributed by atoms with Crippen molar-refractivity contribution < 1.29 is 9.53 Å². The number of carbonyl (C=O) groups excluding carboxylic acids is 1. The number of ether oxygens (including phenoxy) is 1. The van der Waals surface area contributed by atoms with Gasteiger partial charge in [0.1, 0.15) is 5.56 Å². The van der Waals surface area contributed by atoms with Gasteiger partial charge in [0.2, 0.25) is 5.88 Å². The molecule has 1 aromatic carbocycles. The van der Waals surface area contributed by atoms with Crippen LogP contribution in [0.3, 0.4) is 0 Å². The van der Waals surface area contributed by atoms with Crippen LogP contribution in [-0.4, -0.2) is 22.3 Å². The Kier molecular flexibility index (Phi) is 5.58. The molecule has 0 unspecified atom stereocenters. The number of aryl methyl sites for hydroxylation is 2. The van der Waals surface area contributed by atoms with E-state index >= 15 is 0 Å². The van der Waals surface area contributed by atoms with E-state index in [4.69, 9.17) is 4.74 Å². The Morgan fingerprint density at radius 1 is 1.32 bits per heavy atom. The molecule has 1 aromatic heterocycles. The minimum atomic E-state index is -0.195. The van der Waals surface area contributed by atoms with Gasteiger partial charge < -0.3 is 10.1 Å². The topological polar surface area (TPSA) is 56.2 Å². The lowest BCUT2D eigenvalue weighted by molar-refractivity contribution is 0.102. The van der Waals surface area contributed by atoms with Gasteiger partial charge >= 0.3 is 0 Å². The number of amides is 1. The molecule has 5 nitrogen and oxygen atoms in total. The molecular formula is C17H23N3O2. The molecule has 2 rings (SSSR count). The number of nitrogens with zero attached hydrogens (tertiary/aromatic N) is 2. The predicted molar refractivity (Wildman–Crippen MR) is 87.4 cm³/mol. The fourth-order valence-electron chi connectivity index (χ4n) is 2.13. The Labute approximate surface area is 131 Å². The second-order valence-electron chi connectivity index (χ2n) is 5.28. The second-order valence-corrected chi connectivity index (χ2v) is 5.28. The van der Waals surface area contributed by atoms with Crippen molar-refractivity contribution >= 4 is 11.6 Å². The minimum Gasteiger partial charge on any atom is -0.476 e. The van der Waals surface area contributed by atoms with E-state index in [1.54, 1.807) is 10.9 Å². The maximum atomic E-state index is 12.5. The van der Waals surface area contributed by atoms with Crippen LogP contribution in [0.2, 0.25) is 0 Å². The fourth-order valence-corrected chi connectivity index (χ4v) is 2.13. The first-order valence-electron chi connectivity index (χ1n) is 7.72. The van der Waals surface area contributed by atoms with Crippen LogP contribution in [0.25, 0.3) is 0 Å². The first-order chi connectivity index (χ1) is 10.6. The lowest BCUT2D eigenvalue weighted by Gasteiger charge is -2.06. The third kappa shape index (κ3) is 4.10. The summed E-state index contributed by atoms with van der Waals surface area (Å²) >= 11 is 0. The molecule has 2 aromatic rings. The highest BCUT2D eigenvalue weighted by atomic mass is 16.5. The number of rotatable bonds is 7. The molecule has 0 fully saturated rings. The average molecular weight is 301 g/mol. The lowest BCUT2D eigenvalue weighted by Crippen LogP contribution is -2.13. The van der Waals surface area contributed by atoms with E-state index in [1.807, 2.05) is 38.1 Å². The van der Waals surface area contributed by atoms with Crippen molar-refractivity contribution in [2.24, 2.45) is 0 Å². The van der Waals surface area contributed by atoms with Gasteiger partial charge in [-0.15, -0.1) is 5.10 Å². The van der Waals surface area contributed by atoms with Crippen molar-refractivity contribution in [3.05, 3.63) is 41.6 Å². The number of hydrogen-bond donors (Lipinski definition) is 1. The quantitative estimate of drug-likeness (QED) is 0.849. The first-order valence-corrected chi connectivity index (χ1v) is 7.72. The molecule has 0 bridgehead atoms. The van der Waals surface area contributed by atoms with Gasteiger partial charge in [-0.05, 0) is 37.5 Å². The molecule has 0 saturated heterocycles. The zero-order chi connectivity index (χ0) is 15.9. The molecule has 0 saturated carbocycles. The van der Waals surface area contributed by atoms with Crippen LogP contribution in [-0.2, 0) is 6.54 Å². The smallest absolute Gasteiger partial charge is 0.262 e. The molecule has 1 amide bonds. The summed E-state index contributed by atoms with van der Waals surface area (Å²) in [5.74, 6) is 0.208. The molecule has 0 aliphatic rings. The molecule has 0 radical (unpaired) electrons. The number of benzene rings is 1. The Hall–Kier alpha value is -2.30. The molecule has 5 heteroatoms. The van der Waals surface area contributed by atoms with Crippen molar-refractivity contribution in [1.29, 1.82) is 0 Å². The van der Waals surface area contributed by atoms with Crippen molar-refractivity contribution in [3.8, 4) is 5.88 Å². The van der Waals surface area contributed by atoms with Gasteiger partial charge in [-0.25, -0.2) is 0 Å². The van der Waals surface area contributed by atoms with Crippen LogP contribution in [0.4, 0.5) is 5.69 Å². The summed E-state index contributed by atoms with van der Waals surface area (Å²) in [7, 11) is 0. The largest absolute Gasteiger partial charge is 0.476 e. The van der Waals surface area contributed by atoms with Gasteiger partial charge in [0.05, 0.1) is 6.61 Å². The van der Waals surface area contributed by atoms with Crippen molar-refractivity contribution in [2.75, 3.05) is 11.9 Å². The van der Waals surface area contributed by atoms with Gasteiger partial charge in [0, 0.05) is 18.4 Å². The molecular weight excluding hydrogens is 278 g/mol. The summed E-state index contributed by atoms with van der Waals surface area (Å²) in [4.78, 5) is 12.5. The van der Waals surface area contributed by atoms with E-state index in [9.17, 15) is 4.79 Å². The number of hydrogen-bond acceptors (Lipinski definition) is 3. The van der Waals surface area contributed by atoms with Crippen molar-refractivity contribution in [2.45, 2.75) is 40.2 Å². The summed E-state index contributed by atoms with van der Waals surface area (Å²) in [5, 5.41) is 7.25. The Morgan fingerprint density at radius 3 is 2.82 bits per heavy atom. The normalized spacial score (nSPS) is 10.5. The Balaban J connectivity index is 2.19. The third-order valence-electron chi connectivity index (χ3n) is 3.14. The van der Waals surface area contributed by atoms with Crippen LogP contribution in [0, 0.1) is 6.92 Å². The van der Waals surface area contributed by atoms with E-state index in [2.05, 4.69) is 17.3 Å². The second kappa shape index (κ2) is 7.64. The molecule has 0 aliphatic carbocycles. The van der Waals surface area contributed by atoms with Crippen LogP contribution in [0.15, 0.2) is 30.5 Å². The molecule has 22 heavy (non-hydrogen) atoms. The van der Waals surface area contributed by atoms with E-state index in [-0.39, 0.29) is 5.91 Å². The average Bonchev–Trinajstić information content (AvgIpc) is 2.88. The summed E-state index contributed by atoms with van der Waals surface area (Å²) in [6.45, 7) is 7.40. The van der Waals surface area contributed by atoms with Gasteiger partial charge in [-0.1, -0.05) is 26.0 Å². The molecule has 0 spiro atoms. The van der Waals surface area contributed by atoms with Crippen LogP contribution >= 0.6 is 0 Å². The monoisotopic (exact) mass is 301 g/mol.